The fraction of sp³-hybridized carbons (Fsp3) is 0.533. The molecule has 0 heterocycles. The number of carbonyl (C=O) groups excluding carboxylic acids is 1. The first-order chi connectivity index (χ1) is 10.0. The topological polar surface area (TPSA) is 82.8 Å². The van der Waals surface area contributed by atoms with Crippen LogP contribution in [0.4, 0.5) is 0 Å². The first kappa shape index (κ1) is 15.4. The highest BCUT2D eigenvalue weighted by atomic mass is 16.5. The highest BCUT2D eigenvalue weighted by Crippen LogP contribution is 2.38. The zero-order valence-electron chi connectivity index (χ0n) is 12.7. The van der Waals surface area contributed by atoms with Crippen LogP contribution in [0, 0.1) is 0 Å². The van der Waals surface area contributed by atoms with Crippen molar-refractivity contribution in [1.29, 1.82) is 0 Å². The van der Waals surface area contributed by atoms with Gasteiger partial charge in [-0.3, -0.25) is 4.79 Å². The summed E-state index contributed by atoms with van der Waals surface area (Å²) in [5.41, 5.74) is 6.15. The number of amides is 1. The Morgan fingerprint density at radius 3 is 2.14 bits per heavy atom. The predicted octanol–water partition coefficient (Wildman–Crippen LogP) is 1.21. The third-order valence-corrected chi connectivity index (χ3v) is 3.88. The van der Waals surface area contributed by atoms with E-state index >= 15 is 0 Å². The van der Waals surface area contributed by atoms with Gasteiger partial charge in [0.1, 0.15) is 0 Å². The molecule has 0 radical (unpaired) electrons. The van der Waals surface area contributed by atoms with E-state index in [-0.39, 0.29) is 5.91 Å². The van der Waals surface area contributed by atoms with Crippen molar-refractivity contribution in [3.05, 3.63) is 17.7 Å². The Morgan fingerprint density at radius 2 is 1.76 bits per heavy atom. The standard InChI is InChI=1S/C15H22N2O4/c1-19-11-7-10(8-12(20-2)13(11)21-3)9-17-14(18)15(16)5-4-6-15/h7-8H,4-6,9,16H2,1-3H3,(H,17,18). The van der Waals surface area contributed by atoms with Gasteiger partial charge >= 0.3 is 0 Å². The maximum atomic E-state index is 12.0. The maximum absolute atomic E-state index is 12.0. The molecule has 3 N–H and O–H groups in total. The van der Waals surface area contributed by atoms with Gasteiger partial charge in [0.2, 0.25) is 11.7 Å². The molecule has 1 aromatic carbocycles. The van der Waals surface area contributed by atoms with Crippen LogP contribution in [0.25, 0.3) is 0 Å². The lowest BCUT2D eigenvalue weighted by Gasteiger charge is -2.36. The Balaban J connectivity index is 2.11. The summed E-state index contributed by atoms with van der Waals surface area (Å²) in [5.74, 6) is 1.55. The largest absolute Gasteiger partial charge is 0.493 e. The molecule has 0 spiro atoms. The number of methoxy groups -OCH3 is 3. The zero-order valence-corrected chi connectivity index (χ0v) is 12.7. The van der Waals surface area contributed by atoms with Crippen LogP contribution in [0.5, 0.6) is 17.2 Å². The normalized spacial score (nSPS) is 15.8. The van der Waals surface area contributed by atoms with Gasteiger partial charge in [0, 0.05) is 6.54 Å². The second-order valence-corrected chi connectivity index (χ2v) is 5.23. The number of nitrogens with one attached hydrogen (secondary N) is 1. The van der Waals surface area contributed by atoms with E-state index in [9.17, 15) is 4.79 Å². The van der Waals surface area contributed by atoms with Crippen LogP contribution in [-0.2, 0) is 11.3 Å². The Kier molecular flexibility index (Phi) is 4.57. The molecule has 1 fully saturated rings. The number of rotatable bonds is 6. The smallest absolute Gasteiger partial charge is 0.240 e. The fourth-order valence-corrected chi connectivity index (χ4v) is 2.38. The predicted molar refractivity (Wildman–Crippen MR) is 78.7 cm³/mol. The van der Waals surface area contributed by atoms with Gasteiger partial charge in [-0.2, -0.15) is 0 Å². The minimum absolute atomic E-state index is 0.109. The van der Waals surface area contributed by atoms with Gasteiger partial charge in [-0.25, -0.2) is 0 Å². The lowest BCUT2D eigenvalue weighted by molar-refractivity contribution is -0.129. The summed E-state index contributed by atoms with van der Waals surface area (Å²) in [5, 5.41) is 2.87. The maximum Gasteiger partial charge on any atom is 0.240 e. The van der Waals surface area contributed by atoms with Gasteiger partial charge in [0.05, 0.1) is 26.9 Å². The number of hydrogen-bond acceptors (Lipinski definition) is 5. The molecule has 6 heteroatoms. The fourth-order valence-electron chi connectivity index (χ4n) is 2.38. The number of hydrogen-bond donors (Lipinski definition) is 2. The molecule has 2 rings (SSSR count). The quantitative estimate of drug-likeness (QED) is 0.824. The minimum atomic E-state index is -0.694. The molecule has 1 aromatic rings. The lowest BCUT2D eigenvalue weighted by Crippen LogP contribution is -2.58. The van der Waals surface area contributed by atoms with Gasteiger partial charge in [-0.15, -0.1) is 0 Å². The van der Waals surface area contributed by atoms with Crippen molar-refractivity contribution in [2.75, 3.05) is 21.3 Å². The van der Waals surface area contributed by atoms with Gasteiger partial charge in [-0.05, 0) is 37.0 Å². The van der Waals surface area contributed by atoms with Crippen molar-refractivity contribution in [2.24, 2.45) is 5.73 Å². The summed E-state index contributed by atoms with van der Waals surface area (Å²) < 4.78 is 15.8. The molecule has 0 aliphatic heterocycles. The van der Waals surface area contributed by atoms with Gasteiger partial charge in [-0.1, -0.05) is 0 Å². The van der Waals surface area contributed by atoms with E-state index in [2.05, 4.69) is 5.32 Å². The summed E-state index contributed by atoms with van der Waals surface area (Å²) in [6.07, 6.45) is 2.50. The van der Waals surface area contributed by atoms with E-state index in [1.165, 1.54) is 0 Å². The Hall–Kier alpha value is -1.95. The van der Waals surface area contributed by atoms with Crippen LogP contribution in [0.3, 0.4) is 0 Å². The van der Waals surface area contributed by atoms with E-state index in [1.54, 1.807) is 21.3 Å². The first-order valence-electron chi connectivity index (χ1n) is 6.90. The molecule has 1 amide bonds. The van der Waals surface area contributed by atoms with E-state index < -0.39 is 5.54 Å². The molecule has 0 bridgehead atoms. The third kappa shape index (κ3) is 3.05. The summed E-state index contributed by atoms with van der Waals surface area (Å²) in [7, 11) is 4.67. The van der Waals surface area contributed by atoms with Crippen molar-refractivity contribution in [2.45, 2.75) is 31.3 Å². The summed E-state index contributed by atoms with van der Waals surface area (Å²) >= 11 is 0. The van der Waals surface area contributed by atoms with Crippen LogP contribution in [0.1, 0.15) is 24.8 Å². The molecule has 116 valence electrons. The van der Waals surface area contributed by atoms with Gasteiger partial charge in [0.15, 0.2) is 11.5 Å². The van der Waals surface area contributed by atoms with Crippen LogP contribution >= 0.6 is 0 Å². The van der Waals surface area contributed by atoms with Crippen LogP contribution in [0.2, 0.25) is 0 Å². The van der Waals surface area contributed by atoms with Crippen molar-refractivity contribution in [1.82, 2.24) is 5.32 Å². The van der Waals surface area contributed by atoms with Crippen LogP contribution < -0.4 is 25.3 Å². The highest BCUT2D eigenvalue weighted by Gasteiger charge is 2.39. The molecule has 0 unspecified atom stereocenters. The van der Waals surface area contributed by atoms with Crippen LogP contribution in [0.15, 0.2) is 12.1 Å². The molecule has 1 aliphatic carbocycles. The second kappa shape index (κ2) is 6.22. The highest BCUT2D eigenvalue weighted by molar-refractivity contribution is 5.87. The molecule has 1 aliphatic rings. The monoisotopic (exact) mass is 294 g/mol. The number of ether oxygens (including phenoxy) is 3. The van der Waals surface area contributed by atoms with Crippen molar-refractivity contribution >= 4 is 5.91 Å². The van der Waals surface area contributed by atoms with Crippen molar-refractivity contribution in [3.63, 3.8) is 0 Å². The average Bonchev–Trinajstić information content (AvgIpc) is 2.48. The van der Waals surface area contributed by atoms with E-state index in [4.69, 9.17) is 19.9 Å². The summed E-state index contributed by atoms with van der Waals surface area (Å²) in [6, 6.07) is 3.62. The third-order valence-electron chi connectivity index (χ3n) is 3.88. The second-order valence-electron chi connectivity index (χ2n) is 5.23. The summed E-state index contributed by atoms with van der Waals surface area (Å²) in [4.78, 5) is 12.0. The Labute approximate surface area is 124 Å². The van der Waals surface area contributed by atoms with E-state index in [1.807, 2.05) is 12.1 Å². The number of benzene rings is 1. The molecular formula is C15H22N2O4. The van der Waals surface area contributed by atoms with E-state index in [0.717, 1.165) is 24.8 Å². The number of nitrogens with two attached hydrogens (primary N) is 1. The lowest BCUT2D eigenvalue weighted by atomic mass is 9.77. The number of carbonyl (C=O) groups is 1. The molecule has 21 heavy (non-hydrogen) atoms. The Bertz CT molecular complexity index is 501. The SMILES string of the molecule is COc1cc(CNC(=O)C2(N)CCC2)cc(OC)c1OC. The first-order valence-corrected chi connectivity index (χ1v) is 6.90. The molecule has 0 atom stereocenters. The molecular weight excluding hydrogens is 272 g/mol. The van der Waals surface area contributed by atoms with Gasteiger partial charge in [0.25, 0.3) is 0 Å². The van der Waals surface area contributed by atoms with Crippen molar-refractivity contribution in [3.8, 4) is 17.2 Å². The minimum Gasteiger partial charge on any atom is -0.493 e. The molecule has 0 aromatic heterocycles. The van der Waals surface area contributed by atoms with Crippen molar-refractivity contribution < 1.29 is 19.0 Å². The molecule has 0 saturated heterocycles. The van der Waals surface area contributed by atoms with E-state index in [0.29, 0.717) is 23.8 Å². The Morgan fingerprint density at radius 1 is 1.19 bits per heavy atom. The van der Waals surface area contributed by atoms with Gasteiger partial charge < -0.3 is 25.3 Å². The molecule has 6 nitrogen and oxygen atoms in total. The summed E-state index contributed by atoms with van der Waals surface area (Å²) in [6.45, 7) is 0.370. The molecule has 1 saturated carbocycles. The zero-order chi connectivity index (χ0) is 15.5. The van der Waals surface area contributed by atoms with Crippen LogP contribution in [-0.4, -0.2) is 32.8 Å². The average molecular weight is 294 g/mol.